The number of carbonyl (C=O) groups excluding carboxylic acids is 2. The predicted octanol–water partition coefficient (Wildman–Crippen LogP) is 2.93. The van der Waals surface area contributed by atoms with Crippen LogP contribution in [0.25, 0.3) is 0 Å². The summed E-state index contributed by atoms with van der Waals surface area (Å²) in [5, 5.41) is 2.92. The number of nitrogens with zero attached hydrogens (tertiary/aromatic N) is 1. The highest BCUT2D eigenvalue weighted by Crippen LogP contribution is 2.23. The van der Waals surface area contributed by atoms with Gasteiger partial charge in [-0.3, -0.25) is 4.79 Å². The second kappa shape index (κ2) is 7.60. The summed E-state index contributed by atoms with van der Waals surface area (Å²) in [5.41, 5.74) is 0.711. The lowest BCUT2D eigenvalue weighted by molar-refractivity contribution is -0.123. The van der Waals surface area contributed by atoms with Crippen molar-refractivity contribution in [3.63, 3.8) is 0 Å². The topological polar surface area (TPSA) is 77.5 Å². The first-order valence-corrected chi connectivity index (χ1v) is 7.15. The van der Waals surface area contributed by atoms with Crippen LogP contribution < -0.4 is 10.1 Å². The van der Waals surface area contributed by atoms with E-state index in [9.17, 15) is 9.59 Å². The molecule has 7 heteroatoms. The van der Waals surface area contributed by atoms with Gasteiger partial charge in [-0.25, -0.2) is 9.78 Å². The van der Waals surface area contributed by atoms with Gasteiger partial charge in [0.05, 0.1) is 18.4 Å². The fraction of sp³-hybridized carbons (Fsp3) is 0.188. The minimum atomic E-state index is -0.983. The van der Waals surface area contributed by atoms with Crippen molar-refractivity contribution < 1.29 is 19.1 Å². The van der Waals surface area contributed by atoms with E-state index in [1.165, 1.54) is 32.4 Å². The number of methoxy groups -OCH3 is 1. The highest BCUT2D eigenvalue weighted by molar-refractivity contribution is 6.29. The van der Waals surface area contributed by atoms with Crippen molar-refractivity contribution in [2.75, 3.05) is 12.4 Å². The van der Waals surface area contributed by atoms with Gasteiger partial charge in [-0.1, -0.05) is 23.7 Å². The Morgan fingerprint density at radius 3 is 2.61 bits per heavy atom. The number of pyridine rings is 1. The molecule has 0 aliphatic carbocycles. The zero-order chi connectivity index (χ0) is 16.8. The van der Waals surface area contributed by atoms with E-state index in [1.54, 1.807) is 24.3 Å². The monoisotopic (exact) mass is 334 g/mol. The molecule has 0 fully saturated rings. The highest BCUT2D eigenvalue weighted by Gasteiger charge is 2.20. The fourth-order valence-corrected chi connectivity index (χ4v) is 1.87. The zero-order valence-corrected chi connectivity index (χ0v) is 13.3. The third-order valence-electron chi connectivity index (χ3n) is 2.98. The number of halogens is 1. The lowest BCUT2D eigenvalue weighted by Crippen LogP contribution is -2.30. The van der Waals surface area contributed by atoms with Crippen LogP contribution in [0.15, 0.2) is 42.6 Å². The van der Waals surface area contributed by atoms with Crippen molar-refractivity contribution in [1.29, 1.82) is 0 Å². The molecule has 2 aromatic rings. The van der Waals surface area contributed by atoms with Crippen molar-refractivity contribution in [1.82, 2.24) is 4.98 Å². The molecule has 1 aromatic heterocycles. The Kier molecular flexibility index (Phi) is 5.54. The molecular formula is C16H15ClN2O4. The molecule has 0 spiro atoms. The van der Waals surface area contributed by atoms with Crippen molar-refractivity contribution in [3.05, 3.63) is 53.3 Å². The molecule has 1 atom stereocenters. The lowest BCUT2D eigenvalue weighted by atomic mass is 10.2. The molecule has 0 saturated carbocycles. The van der Waals surface area contributed by atoms with Crippen LogP contribution in [0.1, 0.15) is 17.3 Å². The molecule has 6 nitrogen and oxygen atoms in total. The predicted molar refractivity (Wildman–Crippen MR) is 85.7 cm³/mol. The van der Waals surface area contributed by atoms with E-state index in [2.05, 4.69) is 10.3 Å². The fourth-order valence-electron chi connectivity index (χ4n) is 1.76. The summed E-state index contributed by atoms with van der Waals surface area (Å²) < 4.78 is 10.3. The summed E-state index contributed by atoms with van der Waals surface area (Å²) in [5.74, 6) is -0.608. The molecule has 23 heavy (non-hydrogen) atoms. The van der Waals surface area contributed by atoms with Gasteiger partial charge in [-0.2, -0.15) is 0 Å². The molecule has 1 amide bonds. The second-order valence-electron chi connectivity index (χ2n) is 4.61. The third kappa shape index (κ3) is 4.43. The van der Waals surface area contributed by atoms with E-state index in [-0.39, 0.29) is 10.7 Å². The Bertz CT molecular complexity index is 703. The molecule has 0 aliphatic rings. The van der Waals surface area contributed by atoms with Crippen molar-refractivity contribution in [3.8, 4) is 5.75 Å². The number of benzene rings is 1. The van der Waals surface area contributed by atoms with E-state index in [4.69, 9.17) is 21.1 Å². The number of anilines is 1. The summed E-state index contributed by atoms with van der Waals surface area (Å²) in [6, 6.07) is 9.89. The van der Waals surface area contributed by atoms with Crippen LogP contribution in [0, 0.1) is 0 Å². The average molecular weight is 335 g/mol. The SMILES string of the molecule is COc1ccccc1NC(=O)[C@@H](C)OC(=O)c1ccc(Cl)nc1. The largest absolute Gasteiger partial charge is 0.495 e. The van der Waals surface area contributed by atoms with Gasteiger partial charge in [0, 0.05) is 6.20 Å². The third-order valence-corrected chi connectivity index (χ3v) is 3.20. The number of hydrogen-bond acceptors (Lipinski definition) is 5. The Morgan fingerprint density at radius 2 is 1.96 bits per heavy atom. The molecule has 0 saturated heterocycles. The number of hydrogen-bond donors (Lipinski definition) is 1. The minimum absolute atomic E-state index is 0.214. The summed E-state index contributed by atoms with van der Waals surface area (Å²) in [4.78, 5) is 27.8. The van der Waals surface area contributed by atoms with E-state index in [0.29, 0.717) is 11.4 Å². The Balaban J connectivity index is 1.99. The van der Waals surface area contributed by atoms with Crippen molar-refractivity contribution in [2.45, 2.75) is 13.0 Å². The first kappa shape index (κ1) is 16.8. The summed E-state index contributed by atoms with van der Waals surface area (Å²) in [7, 11) is 1.50. The van der Waals surface area contributed by atoms with Crippen LogP contribution in [0.4, 0.5) is 5.69 Å². The van der Waals surface area contributed by atoms with E-state index >= 15 is 0 Å². The van der Waals surface area contributed by atoms with Crippen molar-refractivity contribution >= 4 is 29.2 Å². The zero-order valence-electron chi connectivity index (χ0n) is 12.6. The van der Waals surface area contributed by atoms with Gasteiger partial charge in [0.1, 0.15) is 10.9 Å². The molecule has 1 aromatic carbocycles. The van der Waals surface area contributed by atoms with Crippen LogP contribution in [0.5, 0.6) is 5.75 Å². The summed E-state index contributed by atoms with van der Waals surface area (Å²) in [6.45, 7) is 1.48. The maximum atomic E-state index is 12.1. The minimum Gasteiger partial charge on any atom is -0.495 e. The maximum absolute atomic E-state index is 12.1. The molecular weight excluding hydrogens is 320 g/mol. The van der Waals surface area contributed by atoms with Crippen molar-refractivity contribution in [2.24, 2.45) is 0 Å². The molecule has 0 radical (unpaired) electrons. The van der Waals surface area contributed by atoms with Crippen LogP contribution in [0.2, 0.25) is 5.15 Å². The number of rotatable bonds is 5. The van der Waals surface area contributed by atoms with Crippen LogP contribution in [-0.2, 0) is 9.53 Å². The number of amides is 1. The van der Waals surface area contributed by atoms with Gasteiger partial charge >= 0.3 is 5.97 Å². The lowest BCUT2D eigenvalue weighted by Gasteiger charge is -2.15. The number of aromatic nitrogens is 1. The number of ether oxygens (including phenoxy) is 2. The number of esters is 1. The van der Waals surface area contributed by atoms with Crippen LogP contribution >= 0.6 is 11.6 Å². The maximum Gasteiger partial charge on any atom is 0.340 e. The standard InChI is InChI=1S/C16H15ClN2O4/c1-10(23-16(21)11-7-8-14(17)18-9-11)15(20)19-12-5-3-4-6-13(12)22-2/h3-10H,1-2H3,(H,19,20)/t10-/m1/s1. The van der Waals surface area contributed by atoms with Crippen LogP contribution in [-0.4, -0.2) is 30.1 Å². The molecule has 0 unspecified atom stereocenters. The average Bonchev–Trinajstić information content (AvgIpc) is 2.55. The Hall–Kier alpha value is -2.60. The molecule has 1 N–H and O–H groups in total. The Morgan fingerprint density at radius 1 is 1.22 bits per heavy atom. The normalized spacial score (nSPS) is 11.4. The smallest absolute Gasteiger partial charge is 0.340 e. The van der Waals surface area contributed by atoms with E-state index in [0.717, 1.165) is 0 Å². The molecule has 1 heterocycles. The van der Waals surface area contributed by atoms with Gasteiger partial charge in [0.2, 0.25) is 0 Å². The number of nitrogens with one attached hydrogen (secondary N) is 1. The van der Waals surface area contributed by atoms with Gasteiger partial charge in [-0.15, -0.1) is 0 Å². The first-order chi connectivity index (χ1) is 11.0. The van der Waals surface area contributed by atoms with Gasteiger partial charge in [0.25, 0.3) is 5.91 Å². The van der Waals surface area contributed by atoms with E-state index < -0.39 is 18.0 Å². The summed E-state index contributed by atoms with van der Waals surface area (Å²) >= 11 is 5.65. The van der Waals surface area contributed by atoms with Crippen LogP contribution in [0.3, 0.4) is 0 Å². The second-order valence-corrected chi connectivity index (χ2v) is 4.99. The molecule has 120 valence electrons. The van der Waals surface area contributed by atoms with Gasteiger partial charge < -0.3 is 14.8 Å². The van der Waals surface area contributed by atoms with Gasteiger partial charge in [-0.05, 0) is 31.2 Å². The number of para-hydroxylation sites is 2. The quantitative estimate of drug-likeness (QED) is 0.672. The molecule has 0 aliphatic heterocycles. The molecule has 0 bridgehead atoms. The highest BCUT2D eigenvalue weighted by atomic mass is 35.5. The molecule has 2 rings (SSSR count). The van der Waals surface area contributed by atoms with E-state index in [1.807, 2.05) is 0 Å². The van der Waals surface area contributed by atoms with Gasteiger partial charge in [0.15, 0.2) is 6.10 Å². The summed E-state index contributed by atoms with van der Waals surface area (Å²) in [6.07, 6.45) is 0.304. The first-order valence-electron chi connectivity index (χ1n) is 6.77. The number of carbonyl (C=O) groups is 2. The Labute approximate surface area is 138 Å².